The molecular formula is C52H34N4. The molecule has 0 aliphatic carbocycles. The number of aromatic nitrogens is 4. The zero-order valence-corrected chi connectivity index (χ0v) is 30.4. The third kappa shape index (κ3) is 5.23. The van der Waals surface area contributed by atoms with Crippen molar-refractivity contribution in [3.05, 3.63) is 206 Å². The smallest absolute Gasteiger partial charge is 0.160 e. The number of hydrogen-bond acceptors (Lipinski definition) is 2. The van der Waals surface area contributed by atoms with E-state index in [9.17, 15) is 0 Å². The second kappa shape index (κ2) is 13.1. The molecule has 8 aromatic carbocycles. The number of benzene rings is 8. The van der Waals surface area contributed by atoms with Gasteiger partial charge in [-0.15, -0.1) is 0 Å². The average molecular weight is 715 g/mol. The van der Waals surface area contributed by atoms with Crippen LogP contribution in [0.2, 0.25) is 0 Å². The highest BCUT2D eigenvalue weighted by atomic mass is 15.0. The van der Waals surface area contributed by atoms with Gasteiger partial charge < -0.3 is 9.13 Å². The molecule has 0 aliphatic heterocycles. The van der Waals surface area contributed by atoms with E-state index in [-0.39, 0.29) is 0 Å². The fraction of sp³-hybridized carbons (Fsp3) is 0. The molecule has 3 heterocycles. The Morgan fingerprint density at radius 3 is 1.54 bits per heavy atom. The largest absolute Gasteiger partial charge is 0.309 e. The predicted octanol–water partition coefficient (Wildman–Crippen LogP) is 13.3. The number of nitrogens with zero attached hydrogens (tertiary/aromatic N) is 4. The van der Waals surface area contributed by atoms with Gasteiger partial charge in [-0.05, 0) is 76.9 Å². The van der Waals surface area contributed by atoms with Crippen LogP contribution in [0.15, 0.2) is 206 Å². The molecule has 262 valence electrons. The van der Waals surface area contributed by atoms with Crippen LogP contribution in [0.25, 0.3) is 100 Å². The molecule has 3 aromatic heterocycles. The second-order valence-corrected chi connectivity index (χ2v) is 14.2. The average Bonchev–Trinajstić information content (AvgIpc) is 3.79. The van der Waals surface area contributed by atoms with Gasteiger partial charge in [-0.3, -0.25) is 0 Å². The summed E-state index contributed by atoms with van der Waals surface area (Å²) in [5, 5.41) is 3.53. The molecule has 0 radical (unpaired) electrons. The van der Waals surface area contributed by atoms with Crippen molar-refractivity contribution >= 4 is 43.7 Å². The summed E-state index contributed by atoms with van der Waals surface area (Å²) in [6.07, 6.45) is 0. The number of rotatable bonds is 6. The summed E-state index contributed by atoms with van der Waals surface area (Å²) in [7, 11) is 0. The lowest BCUT2D eigenvalue weighted by Gasteiger charge is -2.12. The van der Waals surface area contributed by atoms with Crippen LogP contribution in [0, 0.1) is 0 Å². The van der Waals surface area contributed by atoms with Gasteiger partial charge >= 0.3 is 0 Å². The van der Waals surface area contributed by atoms with Gasteiger partial charge in [0.25, 0.3) is 0 Å². The van der Waals surface area contributed by atoms with Crippen LogP contribution in [-0.2, 0) is 0 Å². The molecule has 0 saturated heterocycles. The number of fused-ring (bicyclic) bond motifs is 6. The van der Waals surface area contributed by atoms with Crippen LogP contribution in [0.3, 0.4) is 0 Å². The van der Waals surface area contributed by atoms with Gasteiger partial charge in [0.2, 0.25) is 0 Å². The maximum absolute atomic E-state index is 5.36. The Morgan fingerprint density at radius 1 is 0.304 bits per heavy atom. The highest BCUT2D eigenvalue weighted by Crippen LogP contribution is 2.41. The predicted molar refractivity (Wildman–Crippen MR) is 232 cm³/mol. The molecule has 0 spiro atoms. The summed E-state index contributed by atoms with van der Waals surface area (Å²) in [5.74, 6) is 0.708. The van der Waals surface area contributed by atoms with Crippen molar-refractivity contribution in [2.45, 2.75) is 0 Å². The van der Waals surface area contributed by atoms with E-state index in [4.69, 9.17) is 9.97 Å². The lowest BCUT2D eigenvalue weighted by molar-refractivity contribution is 1.15. The van der Waals surface area contributed by atoms with Crippen molar-refractivity contribution < 1.29 is 0 Å². The second-order valence-electron chi connectivity index (χ2n) is 14.2. The van der Waals surface area contributed by atoms with Crippen molar-refractivity contribution in [2.75, 3.05) is 0 Å². The first-order valence-corrected chi connectivity index (χ1v) is 19.0. The maximum Gasteiger partial charge on any atom is 0.160 e. The van der Waals surface area contributed by atoms with E-state index in [0.717, 1.165) is 61.3 Å². The molecule has 0 fully saturated rings. The normalized spacial score (nSPS) is 11.6. The lowest BCUT2D eigenvalue weighted by atomic mass is 10.0. The third-order valence-corrected chi connectivity index (χ3v) is 10.9. The maximum atomic E-state index is 5.36. The molecule has 0 saturated carbocycles. The summed E-state index contributed by atoms with van der Waals surface area (Å²) < 4.78 is 4.72. The quantitative estimate of drug-likeness (QED) is 0.172. The molecule has 4 heteroatoms. The van der Waals surface area contributed by atoms with Crippen LogP contribution in [0.5, 0.6) is 0 Å². The Morgan fingerprint density at radius 2 is 0.821 bits per heavy atom. The first-order chi connectivity index (χ1) is 27.8. The minimum Gasteiger partial charge on any atom is -0.309 e. The van der Waals surface area contributed by atoms with E-state index in [2.05, 4.69) is 197 Å². The highest BCUT2D eigenvalue weighted by molar-refractivity contribution is 6.14. The van der Waals surface area contributed by atoms with E-state index in [1.807, 2.05) is 18.2 Å². The highest BCUT2D eigenvalue weighted by Gasteiger charge is 2.22. The Balaban J connectivity index is 1.14. The van der Waals surface area contributed by atoms with Crippen LogP contribution in [-0.4, -0.2) is 19.1 Å². The van der Waals surface area contributed by atoms with Crippen LogP contribution >= 0.6 is 0 Å². The summed E-state index contributed by atoms with van der Waals surface area (Å²) in [6.45, 7) is 0. The molecule has 11 aromatic rings. The molecule has 4 nitrogen and oxygen atoms in total. The molecule has 56 heavy (non-hydrogen) atoms. The fourth-order valence-corrected chi connectivity index (χ4v) is 8.32. The molecular weight excluding hydrogens is 681 g/mol. The molecule has 11 rings (SSSR count). The molecule has 0 unspecified atom stereocenters. The number of para-hydroxylation sites is 2. The first-order valence-electron chi connectivity index (χ1n) is 19.0. The van der Waals surface area contributed by atoms with Gasteiger partial charge in [0.15, 0.2) is 5.82 Å². The van der Waals surface area contributed by atoms with E-state index >= 15 is 0 Å². The lowest BCUT2D eigenvalue weighted by Crippen LogP contribution is -1.99. The van der Waals surface area contributed by atoms with Crippen LogP contribution < -0.4 is 0 Å². The fourth-order valence-electron chi connectivity index (χ4n) is 8.32. The minimum absolute atomic E-state index is 0.708. The van der Waals surface area contributed by atoms with E-state index in [1.54, 1.807) is 0 Å². The van der Waals surface area contributed by atoms with Gasteiger partial charge in [-0.2, -0.15) is 0 Å². The van der Waals surface area contributed by atoms with Gasteiger partial charge in [0.05, 0.1) is 27.8 Å². The van der Waals surface area contributed by atoms with Crippen LogP contribution in [0.1, 0.15) is 0 Å². The van der Waals surface area contributed by atoms with Crippen molar-refractivity contribution in [3.63, 3.8) is 0 Å². The Kier molecular flexibility index (Phi) is 7.46. The summed E-state index contributed by atoms with van der Waals surface area (Å²) in [5.41, 5.74) is 15.2. The van der Waals surface area contributed by atoms with Gasteiger partial charge in [0, 0.05) is 38.7 Å². The summed E-state index contributed by atoms with van der Waals surface area (Å²) >= 11 is 0. The standard InChI is InChI=1S/C52H34N4/c1-5-16-35(17-6-1)38-22-15-25-42(32-38)55-46-27-14-13-26-43(46)44-33-39(28-30-47(44)55)40-29-31-48-45(34-40)50-51(56(48)41-23-11-4-12-24-41)49(36-18-7-2-8-19-36)53-52(54-50)37-20-9-3-10-21-37/h1-34H. The van der Waals surface area contributed by atoms with Crippen LogP contribution in [0.4, 0.5) is 0 Å². The molecule has 0 atom stereocenters. The SMILES string of the molecule is c1ccc(-c2cccc(-n3c4ccccc4c4cc(-c5ccc6c(c5)c5nc(-c7ccccc7)nc(-c7ccccc7)c5n6-c5ccccc5)ccc43)c2)cc1. The first kappa shape index (κ1) is 31.9. The van der Waals surface area contributed by atoms with E-state index in [0.29, 0.717) is 5.82 Å². The molecule has 0 amide bonds. The molecule has 0 aliphatic rings. The summed E-state index contributed by atoms with van der Waals surface area (Å²) in [6, 6.07) is 73.2. The van der Waals surface area contributed by atoms with E-state index < -0.39 is 0 Å². The topological polar surface area (TPSA) is 35.6 Å². The Bertz CT molecular complexity index is 3220. The van der Waals surface area contributed by atoms with Crippen molar-refractivity contribution in [1.82, 2.24) is 19.1 Å². The zero-order valence-electron chi connectivity index (χ0n) is 30.4. The van der Waals surface area contributed by atoms with Crippen molar-refractivity contribution in [1.29, 1.82) is 0 Å². The molecule has 0 N–H and O–H groups in total. The zero-order chi connectivity index (χ0) is 37.0. The third-order valence-electron chi connectivity index (χ3n) is 10.9. The van der Waals surface area contributed by atoms with Gasteiger partial charge in [-0.25, -0.2) is 9.97 Å². The minimum atomic E-state index is 0.708. The summed E-state index contributed by atoms with van der Waals surface area (Å²) in [4.78, 5) is 10.6. The molecule has 0 bridgehead atoms. The van der Waals surface area contributed by atoms with Gasteiger partial charge in [0.1, 0.15) is 5.52 Å². The van der Waals surface area contributed by atoms with Gasteiger partial charge in [-0.1, -0.05) is 152 Å². The van der Waals surface area contributed by atoms with Crippen molar-refractivity contribution in [3.8, 4) is 56.3 Å². The monoisotopic (exact) mass is 714 g/mol. The Labute approximate surface area is 324 Å². The van der Waals surface area contributed by atoms with E-state index in [1.165, 1.54) is 32.9 Å². The number of hydrogen-bond donors (Lipinski definition) is 0. The Hall–Kier alpha value is -7.56. The van der Waals surface area contributed by atoms with Crippen molar-refractivity contribution in [2.24, 2.45) is 0 Å².